The molecule has 0 heterocycles. The Morgan fingerprint density at radius 3 is 2.55 bits per heavy atom. The van der Waals surface area contributed by atoms with Gasteiger partial charge in [0, 0.05) is 6.42 Å². The second kappa shape index (κ2) is 4.68. The minimum absolute atomic E-state index is 0.157. The van der Waals surface area contributed by atoms with Gasteiger partial charge in [-0.1, -0.05) is 6.92 Å². The lowest BCUT2D eigenvalue weighted by atomic mass is 10.1. The van der Waals surface area contributed by atoms with Crippen molar-refractivity contribution in [1.29, 1.82) is 0 Å². The minimum atomic E-state index is -0.894. The Kier molecular flexibility index (Phi) is 4.21. The number of carbonyl (C=O) groups excluding carboxylic acids is 1. The number of carbonyl (C=O) groups is 2. The van der Waals surface area contributed by atoms with Crippen molar-refractivity contribution in [1.82, 2.24) is 5.43 Å². The molecule has 0 aromatic heterocycles. The summed E-state index contributed by atoms with van der Waals surface area (Å²) in [6.45, 7) is 1.55. The van der Waals surface area contributed by atoms with Gasteiger partial charge >= 0.3 is 5.97 Å². The van der Waals surface area contributed by atoms with Gasteiger partial charge in [-0.05, 0) is 6.42 Å². The fourth-order valence-electron chi connectivity index (χ4n) is 0.543. The van der Waals surface area contributed by atoms with Crippen LogP contribution in [0, 0.1) is 5.92 Å². The van der Waals surface area contributed by atoms with Crippen molar-refractivity contribution in [2.75, 3.05) is 0 Å². The van der Waals surface area contributed by atoms with Crippen LogP contribution in [0.25, 0.3) is 0 Å². The van der Waals surface area contributed by atoms with Crippen molar-refractivity contribution in [3.05, 3.63) is 0 Å². The van der Waals surface area contributed by atoms with E-state index in [4.69, 9.17) is 10.9 Å². The maximum absolute atomic E-state index is 10.5. The van der Waals surface area contributed by atoms with E-state index in [1.807, 2.05) is 5.43 Å². The van der Waals surface area contributed by atoms with Crippen LogP contribution in [0.5, 0.6) is 0 Å². The van der Waals surface area contributed by atoms with E-state index in [0.29, 0.717) is 6.42 Å². The molecular weight excluding hydrogens is 148 g/mol. The summed E-state index contributed by atoms with van der Waals surface area (Å²) >= 11 is 0. The third-order valence-corrected chi connectivity index (χ3v) is 1.39. The van der Waals surface area contributed by atoms with E-state index >= 15 is 0 Å². The monoisotopic (exact) mass is 160 g/mol. The largest absolute Gasteiger partial charge is 0.481 e. The molecule has 0 radical (unpaired) electrons. The first-order valence-electron chi connectivity index (χ1n) is 3.30. The van der Waals surface area contributed by atoms with Crippen molar-refractivity contribution in [2.45, 2.75) is 19.8 Å². The summed E-state index contributed by atoms with van der Waals surface area (Å²) in [7, 11) is 0. The molecular formula is C6H12N2O3. The second-order valence-corrected chi connectivity index (χ2v) is 2.35. The highest BCUT2D eigenvalue weighted by atomic mass is 16.4. The number of carboxylic acid groups (broad SMARTS) is 1. The maximum Gasteiger partial charge on any atom is 0.306 e. The lowest BCUT2D eigenvalue weighted by molar-refractivity contribution is -0.141. The van der Waals surface area contributed by atoms with Crippen LogP contribution in [0.3, 0.4) is 0 Å². The van der Waals surface area contributed by atoms with Crippen molar-refractivity contribution >= 4 is 11.9 Å². The zero-order chi connectivity index (χ0) is 8.85. The smallest absolute Gasteiger partial charge is 0.306 e. The molecule has 0 aliphatic carbocycles. The topological polar surface area (TPSA) is 92.4 Å². The van der Waals surface area contributed by atoms with Crippen LogP contribution in [0.2, 0.25) is 0 Å². The van der Waals surface area contributed by atoms with Crippen molar-refractivity contribution in [3.8, 4) is 0 Å². The van der Waals surface area contributed by atoms with Gasteiger partial charge in [0.2, 0.25) is 5.91 Å². The lowest BCUT2D eigenvalue weighted by Crippen LogP contribution is -2.30. The number of amides is 1. The molecule has 11 heavy (non-hydrogen) atoms. The number of carboxylic acids is 1. The van der Waals surface area contributed by atoms with Crippen molar-refractivity contribution in [3.63, 3.8) is 0 Å². The highest BCUT2D eigenvalue weighted by Crippen LogP contribution is 2.04. The highest BCUT2D eigenvalue weighted by Gasteiger charge is 2.11. The van der Waals surface area contributed by atoms with Gasteiger partial charge in [-0.2, -0.15) is 0 Å². The molecule has 1 amide bonds. The Labute approximate surface area is 64.5 Å². The number of hydrazine groups is 1. The Morgan fingerprint density at radius 2 is 2.18 bits per heavy atom. The third-order valence-electron chi connectivity index (χ3n) is 1.39. The Bertz CT molecular complexity index is 158. The minimum Gasteiger partial charge on any atom is -0.481 e. The van der Waals surface area contributed by atoms with Crippen LogP contribution < -0.4 is 11.3 Å². The number of hydrogen-bond donors (Lipinski definition) is 3. The SMILES string of the molecule is CC(CCC(=O)NN)C(=O)O. The van der Waals surface area contributed by atoms with E-state index in [9.17, 15) is 9.59 Å². The standard InChI is InChI=1S/C6H12N2O3/c1-4(6(10)11)2-3-5(9)8-7/h4H,2-3,7H2,1H3,(H,8,9)(H,10,11). The van der Waals surface area contributed by atoms with Gasteiger partial charge in [-0.3, -0.25) is 15.0 Å². The van der Waals surface area contributed by atoms with E-state index < -0.39 is 11.9 Å². The number of nitrogens with two attached hydrogens (primary N) is 1. The predicted molar refractivity (Wildman–Crippen MR) is 38.4 cm³/mol. The van der Waals surface area contributed by atoms with Gasteiger partial charge in [0.1, 0.15) is 0 Å². The maximum atomic E-state index is 10.5. The van der Waals surface area contributed by atoms with Crippen LogP contribution in [0.1, 0.15) is 19.8 Å². The van der Waals surface area contributed by atoms with Gasteiger partial charge in [-0.15, -0.1) is 0 Å². The van der Waals surface area contributed by atoms with Gasteiger partial charge in [0.15, 0.2) is 0 Å². The van der Waals surface area contributed by atoms with Gasteiger partial charge in [-0.25, -0.2) is 5.84 Å². The normalized spacial score (nSPS) is 12.2. The lowest BCUT2D eigenvalue weighted by Gasteiger charge is -2.03. The molecule has 0 fully saturated rings. The van der Waals surface area contributed by atoms with E-state index in [1.54, 1.807) is 6.92 Å². The van der Waals surface area contributed by atoms with Crippen LogP contribution in [0.15, 0.2) is 0 Å². The van der Waals surface area contributed by atoms with Crippen LogP contribution >= 0.6 is 0 Å². The van der Waals surface area contributed by atoms with Crippen molar-refractivity contribution in [2.24, 2.45) is 11.8 Å². The molecule has 0 bridgehead atoms. The Balaban J connectivity index is 3.54. The molecule has 0 spiro atoms. The molecule has 0 rings (SSSR count). The first-order valence-corrected chi connectivity index (χ1v) is 3.30. The molecule has 1 unspecified atom stereocenters. The number of nitrogens with one attached hydrogen (secondary N) is 1. The molecule has 0 aromatic carbocycles. The van der Waals surface area contributed by atoms with Gasteiger partial charge < -0.3 is 5.11 Å². The quantitative estimate of drug-likeness (QED) is 0.293. The summed E-state index contributed by atoms with van der Waals surface area (Å²) in [5.74, 6) is 3.07. The summed E-state index contributed by atoms with van der Waals surface area (Å²) in [5, 5.41) is 8.40. The number of hydrogen-bond acceptors (Lipinski definition) is 3. The first kappa shape index (κ1) is 9.90. The molecule has 0 saturated carbocycles. The average molecular weight is 160 g/mol. The fourth-order valence-corrected chi connectivity index (χ4v) is 0.543. The molecule has 5 heteroatoms. The summed E-state index contributed by atoms with van der Waals surface area (Å²) in [6.07, 6.45) is 0.475. The van der Waals surface area contributed by atoms with E-state index in [-0.39, 0.29) is 12.3 Å². The zero-order valence-corrected chi connectivity index (χ0v) is 6.33. The summed E-state index contributed by atoms with van der Waals surface area (Å²) < 4.78 is 0. The van der Waals surface area contributed by atoms with E-state index in [0.717, 1.165) is 0 Å². The highest BCUT2D eigenvalue weighted by molar-refractivity contribution is 5.76. The predicted octanol–water partition coefficient (Wildman–Crippen LogP) is -0.523. The van der Waals surface area contributed by atoms with Crippen molar-refractivity contribution < 1.29 is 14.7 Å². The van der Waals surface area contributed by atoms with Gasteiger partial charge in [0.25, 0.3) is 0 Å². The molecule has 5 nitrogen and oxygen atoms in total. The first-order chi connectivity index (χ1) is 5.07. The average Bonchev–Trinajstić information content (AvgIpc) is 1.99. The van der Waals surface area contributed by atoms with E-state index in [1.165, 1.54) is 0 Å². The summed E-state index contributed by atoms with van der Waals surface area (Å²) in [4.78, 5) is 20.7. The molecule has 0 aliphatic rings. The van der Waals surface area contributed by atoms with Crippen LogP contribution in [-0.4, -0.2) is 17.0 Å². The van der Waals surface area contributed by atoms with Gasteiger partial charge in [0.05, 0.1) is 5.92 Å². The Hall–Kier alpha value is -1.10. The molecule has 0 aromatic rings. The summed E-state index contributed by atoms with van der Waals surface area (Å²) in [6, 6.07) is 0. The number of rotatable bonds is 4. The zero-order valence-electron chi connectivity index (χ0n) is 6.33. The third kappa shape index (κ3) is 4.32. The second-order valence-electron chi connectivity index (χ2n) is 2.35. The molecule has 4 N–H and O–H groups in total. The molecule has 0 aliphatic heterocycles. The summed E-state index contributed by atoms with van der Waals surface area (Å²) in [5.41, 5.74) is 1.93. The molecule has 0 saturated heterocycles. The molecule has 64 valence electrons. The Morgan fingerprint density at radius 1 is 1.64 bits per heavy atom. The van der Waals surface area contributed by atoms with Crippen LogP contribution in [0.4, 0.5) is 0 Å². The van der Waals surface area contributed by atoms with E-state index in [2.05, 4.69) is 0 Å². The molecule has 1 atom stereocenters. The van der Waals surface area contributed by atoms with Crippen LogP contribution in [-0.2, 0) is 9.59 Å². The number of aliphatic carboxylic acids is 1. The fraction of sp³-hybridized carbons (Fsp3) is 0.667.